The Morgan fingerprint density at radius 1 is 1.00 bits per heavy atom. The molecule has 3 heterocycles. The summed E-state index contributed by atoms with van der Waals surface area (Å²) in [6, 6.07) is 10.6. The van der Waals surface area contributed by atoms with Crippen LogP contribution in [0, 0.1) is 10.1 Å². The molecular formula is C26H29N7O5. The molecule has 1 aromatic heterocycles. The van der Waals surface area contributed by atoms with Gasteiger partial charge in [-0.1, -0.05) is 12.1 Å². The minimum Gasteiger partial charge on any atom is -0.494 e. The number of amides is 1. The molecule has 2 aliphatic rings. The molecule has 2 aliphatic heterocycles. The van der Waals surface area contributed by atoms with Gasteiger partial charge in [0.15, 0.2) is 11.6 Å². The van der Waals surface area contributed by atoms with Gasteiger partial charge in [0.25, 0.3) is 5.69 Å². The number of piperidine rings is 1. The molecule has 1 N–H and O–H groups in total. The zero-order valence-electron chi connectivity index (χ0n) is 21.5. The van der Waals surface area contributed by atoms with E-state index in [4.69, 9.17) is 9.47 Å². The molecule has 198 valence electrons. The number of nitro benzene ring substituents is 1. The molecule has 0 unspecified atom stereocenters. The van der Waals surface area contributed by atoms with Crippen LogP contribution in [0.1, 0.15) is 19.3 Å². The van der Waals surface area contributed by atoms with Gasteiger partial charge in [-0.05, 0) is 31.4 Å². The highest BCUT2D eigenvalue weighted by atomic mass is 16.6. The topological polar surface area (TPSA) is 126 Å². The van der Waals surface area contributed by atoms with Crippen molar-refractivity contribution < 1.29 is 19.2 Å². The summed E-state index contributed by atoms with van der Waals surface area (Å²) in [4.78, 5) is 38.8. The van der Waals surface area contributed by atoms with Gasteiger partial charge in [-0.2, -0.15) is 4.98 Å². The number of anilines is 6. The predicted molar refractivity (Wildman–Crippen MR) is 144 cm³/mol. The maximum absolute atomic E-state index is 12.8. The van der Waals surface area contributed by atoms with Crippen molar-refractivity contribution >= 4 is 46.1 Å². The van der Waals surface area contributed by atoms with Crippen molar-refractivity contribution in [1.82, 2.24) is 9.97 Å². The highest BCUT2D eigenvalue weighted by Gasteiger charge is 2.31. The fourth-order valence-electron chi connectivity index (χ4n) is 4.86. The van der Waals surface area contributed by atoms with Crippen molar-refractivity contribution in [1.29, 1.82) is 0 Å². The molecule has 0 radical (unpaired) electrons. The first kappa shape index (κ1) is 25.1. The molecule has 5 rings (SSSR count). The Morgan fingerprint density at radius 2 is 1.71 bits per heavy atom. The number of hydrogen-bond donors (Lipinski definition) is 1. The van der Waals surface area contributed by atoms with E-state index in [0.29, 0.717) is 28.7 Å². The lowest BCUT2D eigenvalue weighted by Crippen LogP contribution is -2.42. The highest BCUT2D eigenvalue weighted by Crippen LogP contribution is 2.42. The number of ether oxygens (including phenoxy) is 2. The van der Waals surface area contributed by atoms with Crippen molar-refractivity contribution in [3.05, 3.63) is 52.7 Å². The lowest BCUT2D eigenvalue weighted by atomic mass is 10.1. The molecule has 0 bridgehead atoms. The second-order valence-corrected chi connectivity index (χ2v) is 9.08. The third-order valence-corrected chi connectivity index (χ3v) is 6.85. The van der Waals surface area contributed by atoms with Crippen LogP contribution in [0.5, 0.6) is 11.5 Å². The van der Waals surface area contributed by atoms with Gasteiger partial charge in [0.05, 0.1) is 42.4 Å². The lowest BCUT2D eigenvalue weighted by molar-refractivity contribution is -0.384. The second kappa shape index (κ2) is 10.4. The maximum atomic E-state index is 12.8. The van der Waals surface area contributed by atoms with Crippen LogP contribution in [0.4, 0.5) is 40.2 Å². The van der Waals surface area contributed by atoms with Gasteiger partial charge >= 0.3 is 0 Å². The van der Waals surface area contributed by atoms with Gasteiger partial charge in [0.2, 0.25) is 11.9 Å². The molecule has 2 aromatic carbocycles. The van der Waals surface area contributed by atoms with Crippen molar-refractivity contribution in [2.45, 2.75) is 19.3 Å². The van der Waals surface area contributed by atoms with Crippen LogP contribution in [-0.4, -0.2) is 61.7 Å². The number of methoxy groups -OCH3 is 2. The van der Waals surface area contributed by atoms with E-state index in [9.17, 15) is 14.9 Å². The Kier molecular flexibility index (Phi) is 6.86. The van der Waals surface area contributed by atoms with Crippen molar-refractivity contribution in [2.24, 2.45) is 0 Å². The second-order valence-electron chi connectivity index (χ2n) is 9.08. The van der Waals surface area contributed by atoms with E-state index in [2.05, 4.69) is 15.3 Å². The molecule has 0 saturated carbocycles. The minimum absolute atomic E-state index is 0.0254. The summed E-state index contributed by atoms with van der Waals surface area (Å²) in [5, 5.41) is 15.1. The first-order valence-corrected chi connectivity index (χ1v) is 12.3. The smallest absolute Gasteiger partial charge is 0.294 e. The number of nitro groups is 1. The summed E-state index contributed by atoms with van der Waals surface area (Å²) in [6.45, 7) is 1.57. The number of likely N-dealkylation sites (N-methyl/N-ethyl adjacent to an activating group) is 1. The average molecular weight is 520 g/mol. The number of nitrogens with one attached hydrogen (secondary N) is 1. The molecule has 0 atom stereocenters. The number of para-hydroxylation sites is 2. The van der Waals surface area contributed by atoms with Crippen LogP contribution in [0.2, 0.25) is 0 Å². The fourth-order valence-corrected chi connectivity index (χ4v) is 4.86. The quantitative estimate of drug-likeness (QED) is 0.357. The van der Waals surface area contributed by atoms with Crippen LogP contribution >= 0.6 is 0 Å². The van der Waals surface area contributed by atoms with Gasteiger partial charge in [-0.25, -0.2) is 4.98 Å². The molecule has 1 fully saturated rings. The molecule has 0 spiro atoms. The van der Waals surface area contributed by atoms with Gasteiger partial charge in [0, 0.05) is 32.3 Å². The van der Waals surface area contributed by atoms with Crippen molar-refractivity contribution in [3.8, 4) is 11.5 Å². The molecule has 1 amide bonds. The first-order valence-electron chi connectivity index (χ1n) is 12.3. The standard InChI is InChI=1S/C26H29N7O5/c1-30-18-9-5-6-10-19(18)32(16-24(30)34)25-23(38-3)15-27-26(29-25)28-17-13-21(33(35)36)20(14-22(17)37-2)31-11-7-4-8-12-31/h5-6,9-10,13-15H,4,7-8,11-12,16H2,1-3H3,(H,27,28,29). The molecule has 12 nitrogen and oxygen atoms in total. The molecule has 1 saturated heterocycles. The van der Waals surface area contributed by atoms with Gasteiger partial charge in [0.1, 0.15) is 18.0 Å². The largest absolute Gasteiger partial charge is 0.494 e. The fraction of sp³-hybridized carbons (Fsp3) is 0.346. The van der Waals surface area contributed by atoms with Crippen LogP contribution in [0.25, 0.3) is 0 Å². The third-order valence-electron chi connectivity index (χ3n) is 6.85. The number of aromatic nitrogens is 2. The van der Waals surface area contributed by atoms with Gasteiger partial charge in [-0.3, -0.25) is 14.9 Å². The number of benzene rings is 2. The normalized spacial score (nSPS) is 15.2. The Balaban J connectivity index is 1.54. The summed E-state index contributed by atoms with van der Waals surface area (Å²) >= 11 is 0. The third kappa shape index (κ3) is 4.60. The van der Waals surface area contributed by atoms with E-state index in [1.165, 1.54) is 26.5 Å². The Labute approximate surface area is 219 Å². The summed E-state index contributed by atoms with van der Waals surface area (Å²) in [5.41, 5.74) is 2.38. The van der Waals surface area contributed by atoms with E-state index in [1.807, 2.05) is 29.2 Å². The number of carbonyl (C=O) groups is 1. The maximum Gasteiger partial charge on any atom is 0.294 e. The van der Waals surface area contributed by atoms with Crippen LogP contribution in [0.3, 0.4) is 0 Å². The lowest BCUT2D eigenvalue weighted by Gasteiger charge is -2.35. The zero-order chi connectivity index (χ0) is 26.8. The molecule has 3 aromatic rings. The number of carbonyl (C=O) groups excluding carboxylic acids is 1. The van der Waals surface area contributed by atoms with Gasteiger partial charge in [-0.15, -0.1) is 0 Å². The van der Waals surface area contributed by atoms with Crippen molar-refractivity contribution in [3.63, 3.8) is 0 Å². The number of fused-ring (bicyclic) bond motifs is 1. The SMILES string of the molecule is COc1cc(N2CCCCC2)c([N+](=O)[O-])cc1Nc1ncc(OC)c(N2CC(=O)N(C)c3ccccc32)n1. The molecular weight excluding hydrogens is 490 g/mol. The predicted octanol–water partition coefficient (Wildman–Crippen LogP) is 4.25. The average Bonchev–Trinajstić information content (AvgIpc) is 2.95. The molecule has 12 heteroatoms. The summed E-state index contributed by atoms with van der Waals surface area (Å²) in [5.74, 6) is 1.25. The Bertz CT molecular complexity index is 1380. The molecule has 0 aliphatic carbocycles. The Morgan fingerprint density at radius 3 is 2.39 bits per heavy atom. The number of nitrogens with zero attached hydrogens (tertiary/aromatic N) is 6. The Hall–Kier alpha value is -4.61. The summed E-state index contributed by atoms with van der Waals surface area (Å²) in [7, 11) is 4.75. The molecule has 38 heavy (non-hydrogen) atoms. The zero-order valence-corrected chi connectivity index (χ0v) is 21.5. The minimum atomic E-state index is -0.387. The van der Waals surface area contributed by atoms with Crippen LogP contribution in [0.15, 0.2) is 42.6 Å². The van der Waals surface area contributed by atoms with E-state index in [-0.39, 0.29) is 29.0 Å². The summed E-state index contributed by atoms with van der Waals surface area (Å²) < 4.78 is 11.1. The van der Waals surface area contributed by atoms with Crippen LogP contribution < -0.4 is 29.5 Å². The number of rotatable bonds is 7. The summed E-state index contributed by atoms with van der Waals surface area (Å²) in [6.07, 6.45) is 4.58. The van der Waals surface area contributed by atoms with E-state index in [1.54, 1.807) is 22.9 Å². The van der Waals surface area contributed by atoms with Crippen LogP contribution in [-0.2, 0) is 4.79 Å². The van der Waals surface area contributed by atoms with E-state index in [0.717, 1.165) is 43.7 Å². The van der Waals surface area contributed by atoms with Crippen molar-refractivity contribution in [2.75, 3.05) is 60.9 Å². The number of hydrogen-bond acceptors (Lipinski definition) is 10. The monoisotopic (exact) mass is 519 g/mol. The van der Waals surface area contributed by atoms with E-state index < -0.39 is 0 Å². The van der Waals surface area contributed by atoms with Gasteiger partial charge < -0.3 is 29.5 Å². The first-order chi connectivity index (χ1) is 18.4. The van der Waals surface area contributed by atoms with E-state index >= 15 is 0 Å². The highest BCUT2D eigenvalue weighted by molar-refractivity contribution is 6.04.